The van der Waals surface area contributed by atoms with E-state index in [-0.39, 0.29) is 37.9 Å². The van der Waals surface area contributed by atoms with Crippen LogP contribution in [0.5, 0.6) is 0 Å². The minimum atomic E-state index is -0.375. The molecule has 218 valence electrons. The van der Waals surface area contributed by atoms with Crippen LogP contribution in [-0.2, 0) is 20.1 Å². The van der Waals surface area contributed by atoms with E-state index in [0.29, 0.717) is 12.3 Å². The number of aromatic nitrogens is 1. The summed E-state index contributed by atoms with van der Waals surface area (Å²) in [6, 6.07) is 32.7. The van der Waals surface area contributed by atoms with Gasteiger partial charge in [0.2, 0.25) is 0 Å². The Hall–Kier alpha value is -3.02. The Labute approximate surface area is 259 Å². The molecule has 0 bridgehead atoms. The van der Waals surface area contributed by atoms with Crippen molar-refractivity contribution in [1.29, 1.82) is 0 Å². The monoisotopic (exact) mass is 729 g/mol. The molecule has 5 nitrogen and oxygen atoms in total. The summed E-state index contributed by atoms with van der Waals surface area (Å²) >= 11 is 0. The van der Waals surface area contributed by atoms with Crippen molar-refractivity contribution in [2.45, 2.75) is 65.7 Å². The van der Waals surface area contributed by atoms with E-state index in [1.807, 2.05) is 66.9 Å². The van der Waals surface area contributed by atoms with Crippen molar-refractivity contribution in [3.8, 4) is 11.3 Å². The van der Waals surface area contributed by atoms with Gasteiger partial charge in [-0.3, -0.25) is 0 Å². The van der Waals surface area contributed by atoms with Crippen molar-refractivity contribution < 1.29 is 30.3 Å². The summed E-state index contributed by atoms with van der Waals surface area (Å²) < 4.78 is 0. The zero-order valence-corrected chi connectivity index (χ0v) is 27.2. The Bertz CT molecular complexity index is 1310. The van der Waals surface area contributed by atoms with Crippen LogP contribution in [0.3, 0.4) is 0 Å². The number of rotatable bonds is 6. The van der Waals surface area contributed by atoms with Gasteiger partial charge in [0.05, 0.1) is 12.2 Å². The Balaban J connectivity index is 0.000000231. The first kappa shape index (κ1) is 34.2. The molecule has 41 heavy (non-hydrogen) atoms. The summed E-state index contributed by atoms with van der Waals surface area (Å²) in [5, 5.41) is 19.5. The van der Waals surface area contributed by atoms with Crippen molar-refractivity contribution in [2.24, 2.45) is 5.92 Å². The molecule has 2 unspecified atom stereocenters. The zero-order valence-electron chi connectivity index (χ0n) is 24.8. The summed E-state index contributed by atoms with van der Waals surface area (Å²) in [4.78, 5) is 8.81. The van der Waals surface area contributed by atoms with Crippen molar-refractivity contribution in [2.75, 3.05) is 4.90 Å². The van der Waals surface area contributed by atoms with Crippen LogP contribution in [0.15, 0.2) is 97.5 Å². The molecular weight excluding hydrogens is 687 g/mol. The molecule has 1 aliphatic rings. The minimum absolute atomic E-state index is 0. The minimum Gasteiger partial charge on any atom is -0.503 e. The van der Waals surface area contributed by atoms with Gasteiger partial charge in [0.25, 0.3) is 0 Å². The van der Waals surface area contributed by atoms with E-state index in [4.69, 9.17) is 10.2 Å². The molecule has 0 radical (unpaired) electrons. The third-order valence-electron chi connectivity index (χ3n) is 7.01. The fraction of sp³-hybridized carbons (Fsp3) is 0.314. The predicted molar refractivity (Wildman–Crippen MR) is 166 cm³/mol. The number of hydrogen-bond donors (Lipinski definition) is 2. The smallest absolute Gasteiger partial charge is 0.503 e. The SMILES string of the molecule is CC(C)C(C)(C)N1C=CN(c2[c-]cccc2)[CH-]1.CC(O)CC(C)O.[Ir+3].[c-]1ccccc1-c1nccc2ccccc12. The Morgan fingerprint density at radius 2 is 1.46 bits per heavy atom. The fourth-order valence-corrected chi connectivity index (χ4v) is 4.05. The fourth-order valence-electron chi connectivity index (χ4n) is 4.05. The molecule has 0 amide bonds. The Morgan fingerprint density at radius 3 is 2.02 bits per heavy atom. The topological polar surface area (TPSA) is 59.8 Å². The van der Waals surface area contributed by atoms with Gasteiger partial charge in [-0.2, -0.15) is 37.0 Å². The van der Waals surface area contributed by atoms with Crippen LogP contribution in [0, 0.1) is 24.7 Å². The quantitative estimate of drug-likeness (QED) is 0.202. The maximum atomic E-state index is 8.56. The second kappa shape index (κ2) is 16.4. The molecule has 1 aromatic heterocycles. The van der Waals surface area contributed by atoms with E-state index in [1.165, 1.54) is 10.8 Å². The zero-order chi connectivity index (χ0) is 29.1. The van der Waals surface area contributed by atoms with Gasteiger partial charge in [0.1, 0.15) is 0 Å². The number of para-hydroxylation sites is 1. The maximum Gasteiger partial charge on any atom is 3.00 e. The maximum absolute atomic E-state index is 8.56. The molecule has 5 rings (SSSR count). The molecular formula is C35H42IrN3O2. The van der Waals surface area contributed by atoms with Crippen LogP contribution in [0.25, 0.3) is 22.0 Å². The molecule has 2 heterocycles. The summed E-state index contributed by atoms with van der Waals surface area (Å²) in [6.07, 6.45) is 5.77. The number of aliphatic hydroxyl groups excluding tert-OH is 2. The summed E-state index contributed by atoms with van der Waals surface area (Å²) in [7, 11) is 0. The van der Waals surface area contributed by atoms with E-state index in [9.17, 15) is 0 Å². The van der Waals surface area contributed by atoms with Gasteiger partial charge in [0, 0.05) is 11.7 Å². The van der Waals surface area contributed by atoms with E-state index in [1.54, 1.807) is 13.8 Å². The number of pyridine rings is 1. The average Bonchev–Trinajstić information content (AvgIpc) is 3.45. The first-order chi connectivity index (χ1) is 19.1. The summed E-state index contributed by atoms with van der Waals surface area (Å²) in [6.45, 7) is 14.5. The molecule has 0 saturated carbocycles. The van der Waals surface area contributed by atoms with Crippen molar-refractivity contribution >= 4 is 16.5 Å². The Morgan fingerprint density at radius 1 is 0.829 bits per heavy atom. The molecule has 3 aromatic carbocycles. The second-order valence-corrected chi connectivity index (χ2v) is 10.9. The average molecular weight is 729 g/mol. The molecule has 0 spiro atoms. The van der Waals surface area contributed by atoms with Crippen LogP contribution in [0.4, 0.5) is 5.69 Å². The predicted octanol–water partition coefficient (Wildman–Crippen LogP) is 7.47. The number of benzene rings is 3. The molecule has 1 aliphatic heterocycles. The van der Waals surface area contributed by atoms with E-state index >= 15 is 0 Å². The van der Waals surface area contributed by atoms with Crippen molar-refractivity contribution in [1.82, 2.24) is 9.88 Å². The third kappa shape index (κ3) is 10.1. The van der Waals surface area contributed by atoms with Gasteiger partial charge in [0.15, 0.2) is 0 Å². The first-order valence-electron chi connectivity index (χ1n) is 13.8. The summed E-state index contributed by atoms with van der Waals surface area (Å²) in [5.74, 6) is 0.586. The number of fused-ring (bicyclic) bond motifs is 1. The van der Waals surface area contributed by atoms with E-state index in [2.05, 4.69) is 91.9 Å². The first-order valence-corrected chi connectivity index (χ1v) is 13.8. The second-order valence-electron chi connectivity index (χ2n) is 10.9. The molecule has 6 heteroatoms. The number of hydrogen-bond acceptors (Lipinski definition) is 5. The number of nitrogens with zero attached hydrogens (tertiary/aromatic N) is 3. The van der Waals surface area contributed by atoms with Crippen LogP contribution >= 0.6 is 0 Å². The van der Waals surface area contributed by atoms with E-state index in [0.717, 1.165) is 16.9 Å². The third-order valence-corrected chi connectivity index (χ3v) is 7.01. The van der Waals surface area contributed by atoms with Crippen LogP contribution in [0.1, 0.15) is 48.0 Å². The molecule has 2 atom stereocenters. The largest absolute Gasteiger partial charge is 3.00 e. The van der Waals surface area contributed by atoms with Crippen molar-refractivity contribution in [3.05, 3.63) is 116 Å². The summed E-state index contributed by atoms with van der Waals surface area (Å²) in [5.41, 5.74) is 3.24. The number of aliphatic hydroxyl groups is 2. The van der Waals surface area contributed by atoms with Gasteiger partial charge in [-0.15, -0.1) is 41.6 Å². The molecule has 0 saturated heterocycles. The van der Waals surface area contributed by atoms with Crippen molar-refractivity contribution in [3.63, 3.8) is 0 Å². The van der Waals surface area contributed by atoms with Gasteiger partial charge in [-0.1, -0.05) is 38.1 Å². The molecule has 0 fully saturated rings. The Kier molecular flexibility index (Phi) is 13.7. The molecule has 2 N–H and O–H groups in total. The van der Waals surface area contributed by atoms with Crippen LogP contribution in [0.2, 0.25) is 0 Å². The standard InChI is InChI=1S/C15H20N2.C15H10N.C5H12O2.Ir/c1-13(2)15(3,4)17-11-10-16(12-17)14-8-6-5-7-9-14;1-2-7-13(8-3-1)15-14-9-5-4-6-12(14)10-11-16-15;1-4(6)3-5(2)7;/h5-8,10-13H,1-4H3;1-7,9-11H;4-7H,3H2,1-2H3;/q-2;-1;;+3. The van der Waals surface area contributed by atoms with Gasteiger partial charge in [-0.25, -0.2) is 0 Å². The van der Waals surface area contributed by atoms with Gasteiger partial charge in [-0.05, 0) is 75.0 Å². The molecule has 0 aliphatic carbocycles. The molecule has 4 aromatic rings. The number of anilines is 1. The van der Waals surface area contributed by atoms with E-state index < -0.39 is 0 Å². The van der Waals surface area contributed by atoms with Gasteiger partial charge < -0.3 is 25.0 Å². The van der Waals surface area contributed by atoms with Crippen LogP contribution < -0.4 is 4.90 Å². The normalized spacial score (nSPS) is 14.0. The van der Waals surface area contributed by atoms with Gasteiger partial charge >= 0.3 is 20.1 Å². The van der Waals surface area contributed by atoms with Crippen LogP contribution in [-0.4, -0.2) is 37.8 Å².